The summed E-state index contributed by atoms with van der Waals surface area (Å²) in [6, 6.07) is 1.83. The molecule has 0 aliphatic rings. The van der Waals surface area contributed by atoms with Gasteiger partial charge in [-0.3, -0.25) is 0 Å². The lowest BCUT2D eigenvalue weighted by molar-refractivity contribution is 0.411. The van der Waals surface area contributed by atoms with E-state index >= 15 is 0 Å². The van der Waals surface area contributed by atoms with Gasteiger partial charge in [-0.2, -0.15) is 0 Å². The number of unbranched alkanes of at least 4 members (excludes halogenated alkanes) is 1. The summed E-state index contributed by atoms with van der Waals surface area (Å²) in [5.74, 6) is 0.920. The van der Waals surface area contributed by atoms with Crippen LogP contribution in [0.15, 0.2) is 21.8 Å². The quantitative estimate of drug-likeness (QED) is 0.478. The lowest BCUT2D eigenvalue weighted by Gasteiger charge is -2.21. The van der Waals surface area contributed by atoms with Crippen LogP contribution >= 0.6 is 24.0 Å². The first kappa shape index (κ1) is 17.2. The molecule has 0 fully saturated rings. The van der Waals surface area contributed by atoms with E-state index in [1.807, 2.05) is 6.07 Å². The largest absolute Gasteiger partial charge is 0.364 e. The van der Waals surface area contributed by atoms with Crippen LogP contribution in [0, 0.1) is 0 Å². The van der Waals surface area contributed by atoms with Gasteiger partial charge in [-0.05, 0) is 13.3 Å². The monoisotopic (exact) mass is 366 g/mol. The van der Waals surface area contributed by atoms with Crippen molar-refractivity contribution in [1.82, 2.24) is 15.4 Å². The highest BCUT2D eigenvalue weighted by Crippen LogP contribution is 1.99. The van der Waals surface area contributed by atoms with Gasteiger partial charge in [-0.1, -0.05) is 18.5 Å². The zero-order valence-electron chi connectivity index (χ0n) is 11.3. The van der Waals surface area contributed by atoms with Crippen molar-refractivity contribution in [3.63, 3.8) is 0 Å². The topological polar surface area (TPSA) is 53.7 Å². The molecular weight excluding hydrogens is 343 g/mol. The molecule has 5 nitrogen and oxygen atoms in total. The SMILES string of the molecule is CCCCN(C)C(=NCc1ccon1)NCC.I. The summed E-state index contributed by atoms with van der Waals surface area (Å²) in [4.78, 5) is 6.66. The zero-order chi connectivity index (χ0) is 12.5. The lowest BCUT2D eigenvalue weighted by Crippen LogP contribution is -2.39. The highest BCUT2D eigenvalue weighted by Gasteiger charge is 2.04. The molecule has 0 aliphatic heterocycles. The first-order chi connectivity index (χ1) is 8.27. The van der Waals surface area contributed by atoms with Crippen molar-refractivity contribution in [2.24, 2.45) is 4.99 Å². The minimum Gasteiger partial charge on any atom is -0.364 e. The van der Waals surface area contributed by atoms with Gasteiger partial charge in [0.05, 0.1) is 6.54 Å². The van der Waals surface area contributed by atoms with Crippen LogP contribution in [-0.2, 0) is 6.54 Å². The van der Waals surface area contributed by atoms with Crippen molar-refractivity contribution >= 4 is 29.9 Å². The number of rotatable bonds is 6. The normalized spacial score (nSPS) is 10.9. The number of aliphatic imine (C=N–C) groups is 1. The molecule has 104 valence electrons. The number of guanidine groups is 1. The Morgan fingerprint density at radius 1 is 1.50 bits per heavy atom. The second-order valence-electron chi connectivity index (χ2n) is 3.94. The first-order valence-electron chi connectivity index (χ1n) is 6.16. The summed E-state index contributed by atoms with van der Waals surface area (Å²) in [5, 5.41) is 7.11. The third-order valence-corrected chi connectivity index (χ3v) is 2.43. The molecule has 0 aliphatic carbocycles. The molecule has 0 spiro atoms. The molecule has 0 radical (unpaired) electrons. The Morgan fingerprint density at radius 3 is 2.83 bits per heavy atom. The van der Waals surface area contributed by atoms with Crippen molar-refractivity contribution in [2.45, 2.75) is 33.2 Å². The summed E-state index contributed by atoms with van der Waals surface area (Å²) in [6.07, 6.45) is 3.93. The molecule has 1 aromatic heterocycles. The van der Waals surface area contributed by atoms with Gasteiger partial charge in [0, 0.05) is 26.2 Å². The number of nitrogens with zero attached hydrogens (tertiary/aromatic N) is 3. The molecule has 1 rings (SSSR count). The Kier molecular flexibility index (Phi) is 9.72. The predicted molar refractivity (Wildman–Crippen MR) is 84.3 cm³/mol. The fourth-order valence-corrected chi connectivity index (χ4v) is 1.45. The van der Waals surface area contributed by atoms with E-state index in [-0.39, 0.29) is 24.0 Å². The standard InChI is InChI=1S/C12H22N4O.HI/c1-4-6-8-16(3)12(13-5-2)14-10-11-7-9-17-15-11;/h7,9H,4-6,8,10H2,1-3H3,(H,13,14);1H. The van der Waals surface area contributed by atoms with Gasteiger partial charge in [-0.25, -0.2) is 4.99 Å². The van der Waals surface area contributed by atoms with Gasteiger partial charge in [0.2, 0.25) is 0 Å². The molecule has 1 aromatic rings. The van der Waals surface area contributed by atoms with E-state index in [9.17, 15) is 0 Å². The molecular formula is C12H23IN4O. The summed E-state index contributed by atoms with van der Waals surface area (Å²) in [6.45, 7) is 6.69. The Labute approximate surface area is 126 Å². The van der Waals surface area contributed by atoms with E-state index in [1.165, 1.54) is 12.8 Å². The molecule has 6 heteroatoms. The van der Waals surface area contributed by atoms with E-state index in [0.29, 0.717) is 6.54 Å². The second-order valence-corrected chi connectivity index (χ2v) is 3.94. The number of nitrogens with one attached hydrogen (secondary N) is 1. The Balaban J connectivity index is 0.00000289. The van der Waals surface area contributed by atoms with Crippen LogP contribution in [0.4, 0.5) is 0 Å². The fraction of sp³-hybridized carbons (Fsp3) is 0.667. The van der Waals surface area contributed by atoms with Gasteiger partial charge < -0.3 is 14.7 Å². The molecule has 0 saturated heterocycles. The van der Waals surface area contributed by atoms with Crippen LogP contribution in [-0.4, -0.2) is 36.2 Å². The van der Waals surface area contributed by atoms with Gasteiger partial charge >= 0.3 is 0 Å². The fourth-order valence-electron chi connectivity index (χ4n) is 1.45. The summed E-state index contributed by atoms with van der Waals surface area (Å²) >= 11 is 0. The van der Waals surface area contributed by atoms with Crippen LogP contribution < -0.4 is 5.32 Å². The van der Waals surface area contributed by atoms with Crippen molar-refractivity contribution in [2.75, 3.05) is 20.1 Å². The average Bonchev–Trinajstić information content (AvgIpc) is 2.84. The van der Waals surface area contributed by atoms with E-state index in [2.05, 4.69) is 41.3 Å². The van der Waals surface area contributed by atoms with Gasteiger partial charge in [0.15, 0.2) is 5.96 Å². The third kappa shape index (κ3) is 6.23. The van der Waals surface area contributed by atoms with Gasteiger partial charge in [-0.15, -0.1) is 24.0 Å². The number of halogens is 1. The maximum absolute atomic E-state index is 4.78. The highest BCUT2D eigenvalue weighted by molar-refractivity contribution is 14.0. The highest BCUT2D eigenvalue weighted by atomic mass is 127. The Bertz CT molecular complexity index is 327. The maximum Gasteiger partial charge on any atom is 0.194 e. The summed E-state index contributed by atoms with van der Waals surface area (Å²) in [5.41, 5.74) is 0.851. The smallest absolute Gasteiger partial charge is 0.194 e. The van der Waals surface area contributed by atoms with Gasteiger partial charge in [0.1, 0.15) is 12.0 Å². The van der Waals surface area contributed by atoms with E-state index in [4.69, 9.17) is 4.52 Å². The molecule has 1 N–H and O–H groups in total. The molecule has 0 unspecified atom stereocenters. The van der Waals surface area contributed by atoms with Crippen LogP contribution in [0.3, 0.4) is 0 Å². The van der Waals surface area contributed by atoms with Crippen molar-refractivity contribution in [3.05, 3.63) is 18.0 Å². The number of aromatic nitrogens is 1. The lowest BCUT2D eigenvalue weighted by atomic mass is 10.3. The molecule has 0 amide bonds. The first-order valence-corrected chi connectivity index (χ1v) is 6.16. The number of hydrogen-bond acceptors (Lipinski definition) is 3. The second kappa shape index (κ2) is 10.2. The summed E-state index contributed by atoms with van der Waals surface area (Å²) < 4.78 is 4.78. The molecule has 0 bridgehead atoms. The van der Waals surface area contributed by atoms with Crippen molar-refractivity contribution < 1.29 is 4.52 Å². The van der Waals surface area contributed by atoms with Crippen LogP contribution in [0.25, 0.3) is 0 Å². The Hall–Kier alpha value is -0.790. The predicted octanol–water partition coefficient (Wildman–Crippen LogP) is 2.49. The van der Waals surface area contributed by atoms with E-state index < -0.39 is 0 Å². The minimum atomic E-state index is 0. The van der Waals surface area contributed by atoms with Crippen LogP contribution in [0.5, 0.6) is 0 Å². The van der Waals surface area contributed by atoms with Crippen molar-refractivity contribution in [1.29, 1.82) is 0 Å². The Morgan fingerprint density at radius 2 is 2.28 bits per heavy atom. The molecule has 1 heterocycles. The molecule has 18 heavy (non-hydrogen) atoms. The minimum absolute atomic E-state index is 0. The number of hydrogen-bond donors (Lipinski definition) is 1. The maximum atomic E-state index is 4.78. The van der Waals surface area contributed by atoms with Crippen LogP contribution in [0.2, 0.25) is 0 Å². The van der Waals surface area contributed by atoms with E-state index in [0.717, 1.165) is 24.7 Å². The van der Waals surface area contributed by atoms with Gasteiger partial charge in [0.25, 0.3) is 0 Å². The summed E-state index contributed by atoms with van der Waals surface area (Å²) in [7, 11) is 2.06. The average molecular weight is 366 g/mol. The zero-order valence-corrected chi connectivity index (χ0v) is 13.7. The van der Waals surface area contributed by atoms with Crippen molar-refractivity contribution in [3.8, 4) is 0 Å². The molecule has 0 aromatic carbocycles. The molecule has 0 saturated carbocycles. The third-order valence-electron chi connectivity index (χ3n) is 2.43. The van der Waals surface area contributed by atoms with E-state index in [1.54, 1.807) is 6.26 Å². The molecule has 0 atom stereocenters. The van der Waals surface area contributed by atoms with Crippen LogP contribution in [0.1, 0.15) is 32.4 Å².